The van der Waals surface area contributed by atoms with Gasteiger partial charge in [-0.2, -0.15) is 0 Å². The Bertz CT molecular complexity index is 401. The van der Waals surface area contributed by atoms with Crippen LogP contribution in [0.25, 0.3) is 0 Å². The average molecular weight is 245 g/mol. The van der Waals surface area contributed by atoms with Crippen molar-refractivity contribution in [1.29, 1.82) is 0 Å². The molecule has 0 aliphatic heterocycles. The maximum absolute atomic E-state index is 5.84. The summed E-state index contributed by atoms with van der Waals surface area (Å²) in [6, 6.07) is 0. The lowest BCUT2D eigenvalue weighted by molar-refractivity contribution is 1.16. The smallest absolute Gasteiger partial charge is 0.223 e. The Balaban J connectivity index is 3.02. The van der Waals surface area contributed by atoms with Crippen LogP contribution in [0.4, 0.5) is 0 Å². The minimum atomic E-state index is -1.38. The number of hydrogen-bond acceptors (Lipinski definition) is 2. The van der Waals surface area contributed by atoms with Gasteiger partial charge in [0.05, 0.1) is 5.56 Å². The zero-order valence-electron chi connectivity index (χ0n) is 8.23. The van der Waals surface area contributed by atoms with Crippen molar-refractivity contribution in [3.63, 3.8) is 0 Å². The second kappa shape index (κ2) is 4.31. The van der Waals surface area contributed by atoms with Gasteiger partial charge in [0.15, 0.2) is 0 Å². The van der Waals surface area contributed by atoms with Gasteiger partial charge in [0.2, 0.25) is 5.28 Å². The Kier molecular flexibility index (Phi) is 3.54. The molecule has 14 heavy (non-hydrogen) atoms. The van der Waals surface area contributed by atoms with E-state index in [-0.39, 0.29) is 5.28 Å². The van der Waals surface area contributed by atoms with E-state index in [1.54, 1.807) is 6.20 Å². The third kappa shape index (κ3) is 3.67. The molecule has 1 aromatic heterocycles. The largest absolute Gasteiger partial charge is 0.225 e. The minimum Gasteiger partial charge on any atom is -0.225 e. The van der Waals surface area contributed by atoms with Crippen molar-refractivity contribution in [2.75, 3.05) is 0 Å². The summed E-state index contributed by atoms with van der Waals surface area (Å²) in [5.74, 6) is 2.98. The molecule has 0 N–H and O–H groups in total. The lowest BCUT2D eigenvalue weighted by atomic mass is 10.4. The number of halogens is 2. The summed E-state index contributed by atoms with van der Waals surface area (Å²) in [6.45, 7) is 6.47. The molecule has 0 spiro atoms. The van der Waals surface area contributed by atoms with Gasteiger partial charge in [-0.25, -0.2) is 9.97 Å². The molecule has 74 valence electrons. The van der Waals surface area contributed by atoms with E-state index in [1.807, 2.05) is 0 Å². The van der Waals surface area contributed by atoms with Crippen molar-refractivity contribution >= 4 is 31.3 Å². The van der Waals surface area contributed by atoms with Gasteiger partial charge in [0.25, 0.3) is 0 Å². The van der Waals surface area contributed by atoms with E-state index in [0.29, 0.717) is 10.7 Å². The molecule has 0 aliphatic rings. The lowest BCUT2D eigenvalue weighted by Crippen LogP contribution is -2.16. The highest BCUT2D eigenvalue weighted by molar-refractivity contribution is 6.83. The van der Waals surface area contributed by atoms with Crippen molar-refractivity contribution in [3.8, 4) is 11.5 Å². The maximum Gasteiger partial charge on any atom is 0.223 e. The Morgan fingerprint density at radius 1 is 1.29 bits per heavy atom. The van der Waals surface area contributed by atoms with E-state index in [2.05, 4.69) is 41.1 Å². The molecule has 0 saturated heterocycles. The summed E-state index contributed by atoms with van der Waals surface area (Å²) in [7, 11) is -1.38. The van der Waals surface area contributed by atoms with Crippen molar-refractivity contribution in [2.45, 2.75) is 19.6 Å². The molecule has 1 rings (SSSR count). The molecule has 0 aromatic carbocycles. The Morgan fingerprint density at radius 2 is 1.93 bits per heavy atom. The normalized spacial score (nSPS) is 10.6. The van der Waals surface area contributed by atoms with Crippen LogP contribution in [0.3, 0.4) is 0 Å². The molecule has 0 saturated carbocycles. The van der Waals surface area contributed by atoms with E-state index in [9.17, 15) is 0 Å². The third-order valence-corrected chi connectivity index (χ3v) is 2.63. The van der Waals surface area contributed by atoms with Crippen LogP contribution in [0.2, 0.25) is 30.1 Å². The van der Waals surface area contributed by atoms with E-state index in [0.717, 1.165) is 0 Å². The van der Waals surface area contributed by atoms with Gasteiger partial charge < -0.3 is 0 Å². The third-order valence-electron chi connectivity index (χ3n) is 1.29. The molecule has 0 bridgehead atoms. The molecule has 2 nitrogen and oxygen atoms in total. The van der Waals surface area contributed by atoms with Crippen molar-refractivity contribution in [1.82, 2.24) is 9.97 Å². The SMILES string of the molecule is C[Si](C)(C)C#Cc1cnc(Cl)nc1Cl. The first-order chi connectivity index (χ1) is 6.38. The van der Waals surface area contributed by atoms with Gasteiger partial charge in [-0.3, -0.25) is 0 Å². The standard InChI is InChI=1S/C9H10Cl2N2Si/c1-14(2,3)5-4-7-6-12-9(11)13-8(7)10/h6H,1-3H3. The predicted molar refractivity (Wildman–Crippen MR) is 62.3 cm³/mol. The molecule has 0 amide bonds. The van der Waals surface area contributed by atoms with Crippen molar-refractivity contribution in [2.24, 2.45) is 0 Å². The maximum atomic E-state index is 5.84. The average Bonchev–Trinajstić information content (AvgIpc) is 2.00. The van der Waals surface area contributed by atoms with Gasteiger partial charge in [0, 0.05) is 6.20 Å². The van der Waals surface area contributed by atoms with Crippen LogP contribution < -0.4 is 0 Å². The quantitative estimate of drug-likeness (QED) is 0.304. The van der Waals surface area contributed by atoms with Crippen molar-refractivity contribution in [3.05, 3.63) is 22.2 Å². The highest BCUT2D eigenvalue weighted by Gasteiger charge is 2.08. The number of hydrogen-bond donors (Lipinski definition) is 0. The number of nitrogens with zero attached hydrogens (tertiary/aromatic N) is 2. The Labute approximate surface area is 94.7 Å². The lowest BCUT2D eigenvalue weighted by Gasteiger charge is -2.03. The van der Waals surface area contributed by atoms with Crippen LogP contribution in [-0.4, -0.2) is 18.0 Å². The summed E-state index contributed by atoms with van der Waals surface area (Å²) in [6.07, 6.45) is 1.55. The molecule has 0 atom stereocenters. The molecule has 1 aromatic rings. The second-order valence-electron chi connectivity index (χ2n) is 3.84. The number of aromatic nitrogens is 2. The van der Waals surface area contributed by atoms with Gasteiger partial charge in [0.1, 0.15) is 13.2 Å². The Morgan fingerprint density at radius 3 is 2.43 bits per heavy atom. The summed E-state index contributed by atoms with van der Waals surface area (Å²) in [5, 5.41) is 0.462. The fourth-order valence-electron chi connectivity index (χ4n) is 0.680. The summed E-state index contributed by atoms with van der Waals surface area (Å²) in [5.41, 5.74) is 3.82. The number of rotatable bonds is 0. The van der Waals surface area contributed by atoms with E-state index in [1.165, 1.54) is 0 Å². The van der Waals surface area contributed by atoms with Gasteiger partial charge >= 0.3 is 0 Å². The molecule has 5 heteroatoms. The van der Waals surface area contributed by atoms with Crippen LogP contribution in [0.5, 0.6) is 0 Å². The van der Waals surface area contributed by atoms with Gasteiger partial charge in [-0.05, 0) is 11.6 Å². The fraction of sp³-hybridized carbons (Fsp3) is 0.333. The second-order valence-corrected chi connectivity index (χ2v) is 9.29. The van der Waals surface area contributed by atoms with E-state index in [4.69, 9.17) is 23.2 Å². The summed E-state index contributed by atoms with van der Waals surface area (Å²) in [4.78, 5) is 7.63. The fourth-order valence-corrected chi connectivity index (χ4v) is 1.54. The van der Waals surface area contributed by atoms with Gasteiger partial charge in [-0.1, -0.05) is 37.2 Å². The van der Waals surface area contributed by atoms with Crippen LogP contribution in [0, 0.1) is 11.5 Å². The first-order valence-electron chi connectivity index (χ1n) is 4.10. The minimum absolute atomic E-state index is 0.147. The van der Waals surface area contributed by atoms with Crippen LogP contribution in [0.15, 0.2) is 6.20 Å². The summed E-state index contributed by atoms with van der Waals surface area (Å²) >= 11 is 11.4. The molecule has 0 fully saturated rings. The van der Waals surface area contributed by atoms with Crippen molar-refractivity contribution < 1.29 is 0 Å². The van der Waals surface area contributed by atoms with Crippen LogP contribution >= 0.6 is 23.2 Å². The predicted octanol–water partition coefficient (Wildman–Crippen LogP) is 3.01. The van der Waals surface area contributed by atoms with Crippen LogP contribution in [0.1, 0.15) is 5.56 Å². The molecule has 0 unspecified atom stereocenters. The van der Waals surface area contributed by atoms with Crippen LogP contribution in [-0.2, 0) is 0 Å². The molecule has 0 aliphatic carbocycles. The van der Waals surface area contributed by atoms with E-state index < -0.39 is 8.07 Å². The highest BCUT2D eigenvalue weighted by atomic mass is 35.5. The first-order valence-corrected chi connectivity index (χ1v) is 8.35. The molecular weight excluding hydrogens is 235 g/mol. The molecular formula is C9H10Cl2N2Si. The molecule has 0 radical (unpaired) electrons. The molecule has 1 heterocycles. The highest BCUT2D eigenvalue weighted by Crippen LogP contribution is 2.13. The van der Waals surface area contributed by atoms with E-state index >= 15 is 0 Å². The topological polar surface area (TPSA) is 25.8 Å². The monoisotopic (exact) mass is 244 g/mol. The summed E-state index contributed by atoms with van der Waals surface area (Å²) < 4.78 is 0. The Hall–Kier alpha value is -0.563. The van der Waals surface area contributed by atoms with Gasteiger partial charge in [-0.15, -0.1) is 5.54 Å². The zero-order valence-corrected chi connectivity index (χ0v) is 10.7. The first kappa shape index (κ1) is 11.5. The zero-order chi connectivity index (χ0) is 10.8.